The fraction of sp³-hybridized carbons (Fsp3) is 0.115. The van der Waals surface area contributed by atoms with E-state index in [0.29, 0.717) is 5.71 Å². The number of nitrogens with zero attached hydrogens (tertiary/aromatic N) is 4. The molecule has 4 heterocycles. The molecule has 6 rings (SSSR count). The maximum Gasteiger partial charge on any atom is 0.227 e. The van der Waals surface area contributed by atoms with Gasteiger partial charge in [0.05, 0.1) is 16.8 Å². The van der Waals surface area contributed by atoms with Crippen LogP contribution in [0.1, 0.15) is 17.1 Å². The first-order chi connectivity index (χ1) is 15.1. The van der Waals surface area contributed by atoms with Crippen LogP contribution in [0, 0.1) is 20.8 Å². The van der Waals surface area contributed by atoms with Gasteiger partial charge < -0.3 is 4.42 Å². The molecular weight excluding hydrogens is 384 g/mol. The molecule has 5 heteroatoms. The second kappa shape index (κ2) is 6.51. The van der Waals surface area contributed by atoms with Crippen molar-refractivity contribution >= 4 is 33.1 Å². The molecule has 0 saturated heterocycles. The second-order valence-electron chi connectivity index (χ2n) is 7.91. The van der Waals surface area contributed by atoms with Crippen LogP contribution in [0.15, 0.2) is 71.1 Å². The summed E-state index contributed by atoms with van der Waals surface area (Å²) in [5, 5.41) is 2.05. The first-order valence-corrected chi connectivity index (χ1v) is 10.3. The minimum atomic E-state index is 0.651. The number of aryl methyl sites for hydroxylation is 3. The minimum absolute atomic E-state index is 0.651. The molecular formula is C26H20N4O. The lowest BCUT2D eigenvalue weighted by Crippen LogP contribution is -1.98. The van der Waals surface area contributed by atoms with Crippen LogP contribution in [0.2, 0.25) is 0 Å². The number of hydrogen-bond donors (Lipinski definition) is 0. The standard InChI is InChI=1S/C26H20N4O/c1-15-12-13-20-19-10-7-11-21(24(19)31-26(20)28-15)25-29-23-17(3)27-16(2)14-22(23)30(25)18-8-5-4-6-9-18/h4-14H,1-3H3. The number of fused-ring (bicyclic) bond motifs is 4. The quantitative estimate of drug-likeness (QED) is 0.339. The summed E-state index contributed by atoms with van der Waals surface area (Å²) in [6.45, 7) is 6.00. The highest BCUT2D eigenvalue weighted by Crippen LogP contribution is 2.37. The Kier molecular flexibility index (Phi) is 3.74. The topological polar surface area (TPSA) is 56.7 Å². The van der Waals surface area contributed by atoms with Crippen molar-refractivity contribution < 1.29 is 4.42 Å². The van der Waals surface area contributed by atoms with Crippen LogP contribution >= 0.6 is 0 Å². The fourth-order valence-corrected chi connectivity index (χ4v) is 4.35. The summed E-state index contributed by atoms with van der Waals surface area (Å²) in [5.74, 6) is 0.832. The SMILES string of the molecule is Cc1cc2c(nc(-c3cccc4c3oc3nc(C)ccc34)n2-c2ccccc2)c(C)n1. The molecule has 0 saturated carbocycles. The molecule has 0 spiro atoms. The Labute approximate surface area is 179 Å². The average molecular weight is 404 g/mol. The molecule has 0 fully saturated rings. The van der Waals surface area contributed by atoms with E-state index in [-0.39, 0.29) is 0 Å². The molecule has 0 bridgehead atoms. The third kappa shape index (κ3) is 2.66. The minimum Gasteiger partial charge on any atom is -0.437 e. The van der Waals surface area contributed by atoms with Gasteiger partial charge in [0.2, 0.25) is 5.71 Å². The predicted molar refractivity (Wildman–Crippen MR) is 124 cm³/mol. The Morgan fingerprint density at radius 1 is 0.742 bits per heavy atom. The Bertz CT molecular complexity index is 1610. The summed E-state index contributed by atoms with van der Waals surface area (Å²) in [6, 6.07) is 22.7. The van der Waals surface area contributed by atoms with E-state index in [1.807, 2.05) is 45.0 Å². The van der Waals surface area contributed by atoms with Gasteiger partial charge in [-0.1, -0.05) is 30.3 Å². The molecule has 0 radical (unpaired) electrons. The Morgan fingerprint density at radius 2 is 1.58 bits per heavy atom. The zero-order chi connectivity index (χ0) is 21.1. The Morgan fingerprint density at radius 3 is 2.42 bits per heavy atom. The molecule has 0 aliphatic heterocycles. The number of hydrogen-bond acceptors (Lipinski definition) is 4. The highest BCUT2D eigenvalue weighted by molar-refractivity contribution is 6.08. The van der Waals surface area contributed by atoms with Crippen molar-refractivity contribution in [2.45, 2.75) is 20.8 Å². The lowest BCUT2D eigenvalue weighted by Gasteiger charge is -2.10. The molecule has 0 aliphatic rings. The molecule has 2 aromatic carbocycles. The maximum atomic E-state index is 6.28. The molecule has 4 aromatic heterocycles. The van der Waals surface area contributed by atoms with Gasteiger partial charge in [0, 0.05) is 27.8 Å². The molecule has 0 unspecified atom stereocenters. The number of aromatic nitrogens is 4. The van der Waals surface area contributed by atoms with E-state index >= 15 is 0 Å². The first-order valence-electron chi connectivity index (χ1n) is 10.3. The Hall–Kier alpha value is -3.99. The van der Waals surface area contributed by atoms with Crippen molar-refractivity contribution in [1.82, 2.24) is 19.5 Å². The van der Waals surface area contributed by atoms with Gasteiger partial charge in [0.25, 0.3) is 0 Å². The van der Waals surface area contributed by atoms with Crippen molar-refractivity contribution in [3.63, 3.8) is 0 Å². The van der Waals surface area contributed by atoms with E-state index in [0.717, 1.165) is 61.5 Å². The van der Waals surface area contributed by atoms with E-state index in [4.69, 9.17) is 9.40 Å². The van der Waals surface area contributed by atoms with Crippen molar-refractivity contribution in [2.75, 3.05) is 0 Å². The molecule has 0 N–H and O–H groups in total. The summed E-state index contributed by atoms with van der Waals surface area (Å²) in [5.41, 5.74) is 8.18. The molecule has 31 heavy (non-hydrogen) atoms. The summed E-state index contributed by atoms with van der Waals surface area (Å²) < 4.78 is 8.47. The number of imidazole rings is 1. The van der Waals surface area contributed by atoms with Gasteiger partial charge >= 0.3 is 0 Å². The van der Waals surface area contributed by atoms with Gasteiger partial charge in [-0.3, -0.25) is 9.55 Å². The van der Waals surface area contributed by atoms with Gasteiger partial charge in [-0.25, -0.2) is 9.97 Å². The van der Waals surface area contributed by atoms with Crippen molar-refractivity contribution in [2.24, 2.45) is 0 Å². The molecule has 0 atom stereocenters. The number of para-hydroxylation sites is 2. The van der Waals surface area contributed by atoms with Crippen molar-refractivity contribution in [3.8, 4) is 17.1 Å². The van der Waals surface area contributed by atoms with Crippen LogP contribution < -0.4 is 0 Å². The van der Waals surface area contributed by atoms with Crippen LogP contribution in [0.4, 0.5) is 0 Å². The lowest BCUT2D eigenvalue weighted by atomic mass is 10.1. The molecule has 5 nitrogen and oxygen atoms in total. The smallest absolute Gasteiger partial charge is 0.227 e. The molecule has 0 amide bonds. The third-order valence-electron chi connectivity index (χ3n) is 5.70. The second-order valence-corrected chi connectivity index (χ2v) is 7.91. The van der Waals surface area contributed by atoms with E-state index in [2.05, 4.69) is 57.0 Å². The van der Waals surface area contributed by atoms with Crippen molar-refractivity contribution in [1.29, 1.82) is 0 Å². The zero-order valence-electron chi connectivity index (χ0n) is 17.5. The summed E-state index contributed by atoms with van der Waals surface area (Å²) >= 11 is 0. The average Bonchev–Trinajstić information content (AvgIpc) is 3.32. The van der Waals surface area contributed by atoms with E-state index in [1.54, 1.807) is 0 Å². The van der Waals surface area contributed by atoms with Crippen LogP contribution in [-0.2, 0) is 0 Å². The highest BCUT2D eigenvalue weighted by atomic mass is 16.3. The van der Waals surface area contributed by atoms with Gasteiger partial charge in [-0.05, 0) is 57.2 Å². The highest BCUT2D eigenvalue weighted by Gasteiger charge is 2.21. The monoisotopic (exact) mass is 404 g/mol. The largest absolute Gasteiger partial charge is 0.437 e. The van der Waals surface area contributed by atoms with Crippen LogP contribution in [0.25, 0.3) is 50.2 Å². The number of pyridine rings is 2. The van der Waals surface area contributed by atoms with Crippen LogP contribution in [0.5, 0.6) is 0 Å². The van der Waals surface area contributed by atoms with Gasteiger partial charge in [-0.15, -0.1) is 0 Å². The maximum absolute atomic E-state index is 6.28. The summed E-state index contributed by atoms with van der Waals surface area (Å²) in [7, 11) is 0. The van der Waals surface area contributed by atoms with Gasteiger partial charge in [0.15, 0.2) is 0 Å². The summed E-state index contributed by atoms with van der Waals surface area (Å²) in [6.07, 6.45) is 0. The number of rotatable bonds is 2. The first kappa shape index (κ1) is 17.8. The fourth-order valence-electron chi connectivity index (χ4n) is 4.35. The van der Waals surface area contributed by atoms with Gasteiger partial charge in [0.1, 0.15) is 16.9 Å². The van der Waals surface area contributed by atoms with Crippen LogP contribution in [0.3, 0.4) is 0 Å². The molecule has 6 aromatic rings. The molecule has 0 aliphatic carbocycles. The lowest BCUT2D eigenvalue weighted by molar-refractivity contribution is 0.653. The normalized spacial score (nSPS) is 11.7. The zero-order valence-corrected chi connectivity index (χ0v) is 17.5. The van der Waals surface area contributed by atoms with Gasteiger partial charge in [-0.2, -0.15) is 0 Å². The van der Waals surface area contributed by atoms with E-state index in [9.17, 15) is 0 Å². The van der Waals surface area contributed by atoms with Crippen molar-refractivity contribution in [3.05, 3.63) is 83.8 Å². The Balaban J connectivity index is 1.75. The predicted octanol–water partition coefficient (Wildman–Crippen LogP) is 6.31. The number of benzene rings is 2. The van der Waals surface area contributed by atoms with E-state index in [1.165, 1.54) is 0 Å². The molecule has 150 valence electrons. The summed E-state index contributed by atoms with van der Waals surface area (Å²) in [4.78, 5) is 14.3. The third-order valence-corrected chi connectivity index (χ3v) is 5.70. The number of furan rings is 1. The van der Waals surface area contributed by atoms with Crippen LogP contribution in [-0.4, -0.2) is 19.5 Å². The van der Waals surface area contributed by atoms with E-state index < -0.39 is 0 Å².